The summed E-state index contributed by atoms with van der Waals surface area (Å²) in [6.07, 6.45) is 1.39. The molecule has 0 aliphatic carbocycles. The number of piperidine rings is 1. The molecule has 0 aromatic rings. The Morgan fingerprint density at radius 1 is 1.38 bits per heavy atom. The zero-order chi connectivity index (χ0) is 12.0. The van der Waals surface area contributed by atoms with E-state index in [9.17, 15) is 4.79 Å². The van der Waals surface area contributed by atoms with E-state index in [1.807, 2.05) is 6.92 Å². The molecule has 1 fully saturated rings. The molecule has 5 nitrogen and oxygen atoms in total. The zero-order valence-corrected chi connectivity index (χ0v) is 9.81. The van der Waals surface area contributed by atoms with Crippen molar-refractivity contribution in [1.82, 2.24) is 4.90 Å². The van der Waals surface area contributed by atoms with Gasteiger partial charge in [-0.1, -0.05) is 0 Å². The fraction of sp³-hybridized carbons (Fsp3) is 0.909. The molecule has 0 unspecified atom stereocenters. The van der Waals surface area contributed by atoms with Gasteiger partial charge < -0.3 is 19.8 Å². The van der Waals surface area contributed by atoms with E-state index in [1.54, 1.807) is 0 Å². The van der Waals surface area contributed by atoms with E-state index in [0.29, 0.717) is 26.1 Å². The molecule has 94 valence electrons. The predicted octanol–water partition coefficient (Wildman–Crippen LogP) is 0.182. The molecule has 0 spiro atoms. The van der Waals surface area contributed by atoms with Gasteiger partial charge in [0, 0.05) is 6.54 Å². The van der Waals surface area contributed by atoms with E-state index in [4.69, 9.17) is 14.9 Å². The lowest BCUT2D eigenvalue weighted by molar-refractivity contribution is -0.150. The highest BCUT2D eigenvalue weighted by molar-refractivity contribution is 5.74. The van der Waals surface area contributed by atoms with Crippen molar-refractivity contribution >= 4 is 5.97 Å². The van der Waals surface area contributed by atoms with E-state index < -0.39 is 11.4 Å². The molecule has 0 aromatic carbocycles. The number of ether oxygens (including phenoxy) is 1. The highest BCUT2D eigenvalue weighted by Gasteiger charge is 2.36. The Morgan fingerprint density at radius 3 is 2.50 bits per heavy atom. The van der Waals surface area contributed by atoms with Crippen molar-refractivity contribution in [2.24, 2.45) is 5.41 Å². The molecule has 16 heavy (non-hydrogen) atoms. The van der Waals surface area contributed by atoms with Crippen LogP contribution >= 0.6 is 0 Å². The standard InChI is InChI=1S/C11H21NO4/c1-11(10(14)15)2-4-12(5-3-11)6-8-16-9-7-13/h13H,2-9H2,1H3,(H,14,15). The minimum atomic E-state index is -0.691. The van der Waals surface area contributed by atoms with Crippen LogP contribution in [-0.4, -0.2) is 60.5 Å². The first kappa shape index (κ1) is 13.4. The molecular formula is C11H21NO4. The summed E-state index contributed by atoms with van der Waals surface area (Å²) in [4.78, 5) is 13.2. The maximum Gasteiger partial charge on any atom is 0.309 e. The van der Waals surface area contributed by atoms with Gasteiger partial charge in [-0.2, -0.15) is 0 Å². The molecule has 2 N–H and O–H groups in total. The number of carbonyl (C=O) groups is 1. The number of likely N-dealkylation sites (tertiary alicyclic amines) is 1. The Labute approximate surface area is 96.0 Å². The third-order valence-electron chi connectivity index (χ3n) is 3.26. The summed E-state index contributed by atoms with van der Waals surface area (Å²) in [7, 11) is 0. The Bertz CT molecular complexity index is 224. The van der Waals surface area contributed by atoms with Gasteiger partial charge >= 0.3 is 5.97 Å². The van der Waals surface area contributed by atoms with Crippen LogP contribution in [-0.2, 0) is 9.53 Å². The van der Waals surface area contributed by atoms with Crippen molar-refractivity contribution in [3.05, 3.63) is 0 Å². The van der Waals surface area contributed by atoms with Crippen molar-refractivity contribution in [2.75, 3.05) is 39.5 Å². The molecule has 1 aliphatic heterocycles. The van der Waals surface area contributed by atoms with Gasteiger partial charge in [-0.25, -0.2) is 0 Å². The first-order valence-corrected chi connectivity index (χ1v) is 5.73. The molecule has 0 amide bonds. The third-order valence-corrected chi connectivity index (χ3v) is 3.26. The van der Waals surface area contributed by atoms with E-state index >= 15 is 0 Å². The summed E-state index contributed by atoms with van der Waals surface area (Å²) in [6, 6.07) is 0. The maximum absolute atomic E-state index is 11.0. The number of carboxylic acids is 1. The van der Waals surface area contributed by atoms with Crippen LogP contribution in [0.4, 0.5) is 0 Å². The lowest BCUT2D eigenvalue weighted by Crippen LogP contribution is -2.43. The van der Waals surface area contributed by atoms with Gasteiger partial charge in [0.1, 0.15) is 0 Å². The van der Waals surface area contributed by atoms with Crippen LogP contribution in [0, 0.1) is 5.41 Å². The number of carboxylic acid groups (broad SMARTS) is 1. The van der Waals surface area contributed by atoms with Gasteiger partial charge in [0.2, 0.25) is 0 Å². The van der Waals surface area contributed by atoms with Crippen molar-refractivity contribution in [3.63, 3.8) is 0 Å². The minimum absolute atomic E-state index is 0.0527. The molecule has 0 bridgehead atoms. The van der Waals surface area contributed by atoms with Gasteiger partial charge in [-0.05, 0) is 32.9 Å². The molecule has 1 saturated heterocycles. The summed E-state index contributed by atoms with van der Waals surface area (Å²) in [6.45, 7) is 5.28. The van der Waals surface area contributed by atoms with Crippen LogP contribution in [0.15, 0.2) is 0 Å². The highest BCUT2D eigenvalue weighted by atomic mass is 16.5. The quantitative estimate of drug-likeness (QED) is 0.638. The summed E-state index contributed by atoms with van der Waals surface area (Å²) in [5.41, 5.74) is -0.553. The topological polar surface area (TPSA) is 70.0 Å². The molecule has 1 heterocycles. The van der Waals surface area contributed by atoms with Gasteiger partial charge in [0.15, 0.2) is 0 Å². The lowest BCUT2D eigenvalue weighted by atomic mass is 9.80. The van der Waals surface area contributed by atoms with E-state index in [-0.39, 0.29) is 6.61 Å². The number of hydrogen-bond acceptors (Lipinski definition) is 4. The largest absolute Gasteiger partial charge is 0.481 e. The molecule has 0 radical (unpaired) electrons. The van der Waals surface area contributed by atoms with Crippen LogP contribution in [0.5, 0.6) is 0 Å². The number of aliphatic hydroxyl groups excluding tert-OH is 1. The van der Waals surface area contributed by atoms with Crippen LogP contribution in [0.1, 0.15) is 19.8 Å². The third kappa shape index (κ3) is 3.73. The number of rotatable bonds is 6. The van der Waals surface area contributed by atoms with Crippen LogP contribution in [0.3, 0.4) is 0 Å². The lowest BCUT2D eigenvalue weighted by Gasteiger charge is -2.36. The Morgan fingerprint density at radius 2 is 2.00 bits per heavy atom. The number of aliphatic carboxylic acids is 1. The monoisotopic (exact) mass is 231 g/mol. The van der Waals surface area contributed by atoms with Crippen LogP contribution < -0.4 is 0 Å². The molecule has 1 rings (SSSR count). The smallest absolute Gasteiger partial charge is 0.309 e. The molecule has 0 saturated carbocycles. The maximum atomic E-state index is 11.0. The number of aliphatic hydroxyl groups is 1. The minimum Gasteiger partial charge on any atom is -0.481 e. The average molecular weight is 231 g/mol. The van der Waals surface area contributed by atoms with Crippen LogP contribution in [0.25, 0.3) is 0 Å². The van der Waals surface area contributed by atoms with Gasteiger partial charge in [-0.3, -0.25) is 4.79 Å². The average Bonchev–Trinajstić information content (AvgIpc) is 2.27. The molecular weight excluding hydrogens is 210 g/mol. The van der Waals surface area contributed by atoms with Crippen molar-refractivity contribution < 1.29 is 19.7 Å². The number of hydrogen-bond donors (Lipinski definition) is 2. The van der Waals surface area contributed by atoms with Crippen molar-refractivity contribution in [3.8, 4) is 0 Å². The Kier molecular flexibility index (Phi) is 5.18. The SMILES string of the molecule is CC1(C(=O)O)CCN(CCOCCO)CC1. The van der Waals surface area contributed by atoms with E-state index in [1.165, 1.54) is 0 Å². The normalized spacial score (nSPS) is 20.9. The zero-order valence-electron chi connectivity index (χ0n) is 9.81. The summed E-state index contributed by atoms with van der Waals surface area (Å²) >= 11 is 0. The second kappa shape index (κ2) is 6.18. The highest BCUT2D eigenvalue weighted by Crippen LogP contribution is 2.30. The number of nitrogens with zero attached hydrogens (tertiary/aromatic N) is 1. The first-order chi connectivity index (χ1) is 7.58. The van der Waals surface area contributed by atoms with Crippen LogP contribution in [0.2, 0.25) is 0 Å². The molecule has 0 aromatic heterocycles. The second-order valence-electron chi connectivity index (χ2n) is 4.54. The second-order valence-corrected chi connectivity index (χ2v) is 4.54. The van der Waals surface area contributed by atoms with E-state index in [0.717, 1.165) is 19.6 Å². The summed E-state index contributed by atoms with van der Waals surface area (Å²) < 4.78 is 5.18. The van der Waals surface area contributed by atoms with Gasteiger partial charge in [-0.15, -0.1) is 0 Å². The van der Waals surface area contributed by atoms with Crippen molar-refractivity contribution in [1.29, 1.82) is 0 Å². The fourth-order valence-corrected chi connectivity index (χ4v) is 1.84. The predicted molar refractivity (Wildman–Crippen MR) is 59.3 cm³/mol. The van der Waals surface area contributed by atoms with Crippen molar-refractivity contribution in [2.45, 2.75) is 19.8 Å². The van der Waals surface area contributed by atoms with Gasteiger partial charge in [0.25, 0.3) is 0 Å². The van der Waals surface area contributed by atoms with Gasteiger partial charge in [0.05, 0.1) is 25.2 Å². The molecule has 1 aliphatic rings. The molecule has 5 heteroatoms. The summed E-state index contributed by atoms with van der Waals surface area (Å²) in [5, 5.41) is 17.6. The molecule has 0 atom stereocenters. The fourth-order valence-electron chi connectivity index (χ4n) is 1.84. The summed E-state index contributed by atoms with van der Waals surface area (Å²) in [5.74, 6) is -0.691. The first-order valence-electron chi connectivity index (χ1n) is 5.73. The van der Waals surface area contributed by atoms with E-state index in [2.05, 4.69) is 4.90 Å². The Balaban J connectivity index is 2.19. The Hall–Kier alpha value is -0.650.